The maximum atomic E-state index is 13.0. The maximum Gasteiger partial charge on any atom is 0.337 e. The lowest BCUT2D eigenvalue weighted by atomic mass is 10.1. The largest absolute Gasteiger partial charge is 0.465 e. The van der Waals surface area contributed by atoms with Crippen LogP contribution >= 0.6 is 0 Å². The van der Waals surface area contributed by atoms with Gasteiger partial charge in [0.2, 0.25) is 0 Å². The molecule has 2 aromatic carbocycles. The van der Waals surface area contributed by atoms with E-state index in [2.05, 4.69) is 0 Å². The average molecular weight is 365 g/mol. The molecule has 3 aromatic rings. The molecule has 7 heteroatoms. The minimum atomic E-state index is -0.575. The second kappa shape index (κ2) is 7.33. The van der Waals surface area contributed by atoms with Gasteiger partial charge in [0.25, 0.3) is 5.56 Å². The van der Waals surface area contributed by atoms with Crippen molar-refractivity contribution < 1.29 is 9.53 Å². The molecule has 1 heterocycles. The first-order valence-electron chi connectivity index (χ1n) is 8.28. The summed E-state index contributed by atoms with van der Waals surface area (Å²) in [4.78, 5) is 37.2. The number of aryl methyl sites for hydroxylation is 1. The molecule has 1 aromatic heterocycles. The minimum Gasteiger partial charge on any atom is -0.465 e. The molecule has 138 valence electrons. The van der Waals surface area contributed by atoms with Crippen LogP contribution in [0.1, 0.15) is 21.5 Å². The topological polar surface area (TPSA) is 96.3 Å². The number of ether oxygens (including phenoxy) is 1. The number of benzene rings is 2. The first-order valence-corrected chi connectivity index (χ1v) is 8.28. The van der Waals surface area contributed by atoms with Crippen LogP contribution in [0.25, 0.3) is 5.69 Å². The Labute approximate surface area is 155 Å². The number of nitrogens with two attached hydrogens (primary N) is 1. The molecule has 0 radical (unpaired) electrons. The molecule has 0 spiro atoms. The standard InChI is InChI=1S/C20H19N3O4/c1-13-8-9-15(19(25)27-2)10-16(13)23-17(21)11-18(24)22(20(23)26)12-14-6-4-3-5-7-14/h3-11H,12,21H2,1-2H3. The number of nitrogens with zero attached hydrogens (tertiary/aromatic N) is 2. The Morgan fingerprint density at radius 2 is 1.78 bits per heavy atom. The van der Waals surface area contributed by atoms with Crippen LogP contribution in [-0.4, -0.2) is 22.2 Å². The van der Waals surface area contributed by atoms with Gasteiger partial charge < -0.3 is 10.5 Å². The van der Waals surface area contributed by atoms with Crippen LogP contribution in [0.3, 0.4) is 0 Å². The van der Waals surface area contributed by atoms with Crippen LogP contribution in [0.4, 0.5) is 5.82 Å². The fourth-order valence-corrected chi connectivity index (χ4v) is 2.84. The lowest BCUT2D eigenvalue weighted by Crippen LogP contribution is -2.40. The zero-order valence-electron chi connectivity index (χ0n) is 15.0. The summed E-state index contributed by atoms with van der Waals surface area (Å²) in [5.74, 6) is -0.528. The van der Waals surface area contributed by atoms with Crippen molar-refractivity contribution in [2.75, 3.05) is 12.8 Å². The molecule has 3 rings (SSSR count). The summed E-state index contributed by atoms with van der Waals surface area (Å²) in [7, 11) is 1.28. The molecule has 2 N–H and O–H groups in total. The number of hydrogen-bond donors (Lipinski definition) is 1. The van der Waals surface area contributed by atoms with E-state index in [-0.39, 0.29) is 17.9 Å². The van der Waals surface area contributed by atoms with Crippen LogP contribution < -0.4 is 17.0 Å². The molecule has 0 aliphatic rings. The van der Waals surface area contributed by atoms with E-state index >= 15 is 0 Å². The van der Waals surface area contributed by atoms with E-state index in [0.29, 0.717) is 5.69 Å². The Kier molecular flexibility index (Phi) is 4.94. The van der Waals surface area contributed by atoms with E-state index in [1.54, 1.807) is 19.1 Å². The molecule has 0 unspecified atom stereocenters. The molecule has 0 fully saturated rings. The molecule has 0 amide bonds. The van der Waals surface area contributed by atoms with Crippen LogP contribution in [0, 0.1) is 6.92 Å². The zero-order chi connectivity index (χ0) is 19.6. The van der Waals surface area contributed by atoms with Crippen molar-refractivity contribution in [2.24, 2.45) is 0 Å². The normalized spacial score (nSPS) is 10.6. The van der Waals surface area contributed by atoms with Crippen molar-refractivity contribution >= 4 is 11.8 Å². The third kappa shape index (κ3) is 3.52. The molecule has 0 saturated carbocycles. The van der Waals surface area contributed by atoms with E-state index in [1.807, 2.05) is 30.3 Å². The van der Waals surface area contributed by atoms with Gasteiger partial charge in [-0.3, -0.25) is 9.36 Å². The second-order valence-electron chi connectivity index (χ2n) is 6.09. The summed E-state index contributed by atoms with van der Waals surface area (Å²) in [6, 6.07) is 15.2. The number of carbonyl (C=O) groups is 1. The number of anilines is 1. The van der Waals surface area contributed by atoms with Crippen LogP contribution in [0.15, 0.2) is 64.2 Å². The molecule has 7 nitrogen and oxygen atoms in total. The molecule has 0 bridgehead atoms. The van der Waals surface area contributed by atoms with Gasteiger partial charge in [-0.25, -0.2) is 14.2 Å². The highest BCUT2D eigenvalue weighted by atomic mass is 16.5. The molecular weight excluding hydrogens is 346 g/mol. The Bertz CT molecular complexity index is 1110. The van der Waals surface area contributed by atoms with Crippen LogP contribution in [0.5, 0.6) is 0 Å². The zero-order valence-corrected chi connectivity index (χ0v) is 15.0. The maximum absolute atomic E-state index is 13.0. The number of esters is 1. The highest BCUT2D eigenvalue weighted by molar-refractivity contribution is 5.90. The summed E-state index contributed by atoms with van der Waals surface area (Å²) >= 11 is 0. The Balaban J connectivity index is 2.20. The number of carbonyl (C=O) groups excluding carboxylic acids is 1. The number of aromatic nitrogens is 2. The summed E-state index contributed by atoms with van der Waals surface area (Å²) < 4.78 is 7.07. The summed E-state index contributed by atoms with van der Waals surface area (Å²) in [6.45, 7) is 1.91. The lowest BCUT2D eigenvalue weighted by Gasteiger charge is -2.15. The van der Waals surface area contributed by atoms with E-state index < -0.39 is 17.2 Å². The lowest BCUT2D eigenvalue weighted by molar-refractivity contribution is 0.0600. The van der Waals surface area contributed by atoms with Gasteiger partial charge in [0, 0.05) is 6.07 Å². The monoisotopic (exact) mass is 365 g/mol. The molecular formula is C20H19N3O4. The number of nitrogen functional groups attached to an aromatic ring is 1. The van der Waals surface area contributed by atoms with Crippen LogP contribution in [0.2, 0.25) is 0 Å². The van der Waals surface area contributed by atoms with Crippen molar-refractivity contribution in [1.82, 2.24) is 9.13 Å². The predicted octanol–water partition coefficient (Wildman–Crippen LogP) is 1.72. The summed E-state index contributed by atoms with van der Waals surface area (Å²) in [5.41, 5.74) is 7.15. The quantitative estimate of drug-likeness (QED) is 0.710. The van der Waals surface area contributed by atoms with Gasteiger partial charge in [0.1, 0.15) is 5.82 Å². The van der Waals surface area contributed by atoms with Crippen molar-refractivity contribution in [3.63, 3.8) is 0 Å². The third-order valence-electron chi connectivity index (χ3n) is 4.27. The Morgan fingerprint density at radius 3 is 2.44 bits per heavy atom. The number of methoxy groups -OCH3 is 1. The smallest absolute Gasteiger partial charge is 0.337 e. The van der Waals surface area contributed by atoms with Crippen LogP contribution in [-0.2, 0) is 11.3 Å². The molecule has 27 heavy (non-hydrogen) atoms. The van der Waals surface area contributed by atoms with E-state index in [4.69, 9.17) is 10.5 Å². The average Bonchev–Trinajstić information content (AvgIpc) is 2.66. The minimum absolute atomic E-state index is 0.000530. The number of hydrogen-bond acceptors (Lipinski definition) is 5. The predicted molar refractivity (Wildman–Crippen MR) is 102 cm³/mol. The van der Waals surface area contributed by atoms with Gasteiger partial charge in [-0.05, 0) is 30.2 Å². The van der Waals surface area contributed by atoms with Gasteiger partial charge in [0.15, 0.2) is 0 Å². The first-order chi connectivity index (χ1) is 12.9. The van der Waals surface area contributed by atoms with Gasteiger partial charge in [-0.2, -0.15) is 0 Å². The van der Waals surface area contributed by atoms with Gasteiger partial charge >= 0.3 is 11.7 Å². The third-order valence-corrected chi connectivity index (χ3v) is 4.27. The Hall–Kier alpha value is -3.61. The fourth-order valence-electron chi connectivity index (χ4n) is 2.84. The van der Waals surface area contributed by atoms with Crippen molar-refractivity contribution in [1.29, 1.82) is 0 Å². The molecule has 0 aliphatic carbocycles. The van der Waals surface area contributed by atoms with E-state index in [1.165, 1.54) is 23.8 Å². The first kappa shape index (κ1) is 18.2. The SMILES string of the molecule is COC(=O)c1ccc(C)c(-n2c(N)cc(=O)n(Cc3ccccc3)c2=O)c1. The molecule has 0 aliphatic heterocycles. The molecule has 0 saturated heterocycles. The van der Waals surface area contributed by atoms with Crippen molar-refractivity contribution in [2.45, 2.75) is 13.5 Å². The van der Waals surface area contributed by atoms with Gasteiger partial charge in [-0.1, -0.05) is 36.4 Å². The summed E-state index contributed by atoms with van der Waals surface area (Å²) in [5, 5.41) is 0. The second-order valence-corrected chi connectivity index (χ2v) is 6.09. The van der Waals surface area contributed by atoms with Gasteiger partial charge in [0.05, 0.1) is 24.9 Å². The van der Waals surface area contributed by atoms with Crippen molar-refractivity contribution in [3.8, 4) is 5.69 Å². The number of rotatable bonds is 4. The fraction of sp³-hybridized carbons (Fsp3) is 0.150. The summed E-state index contributed by atoms with van der Waals surface area (Å²) in [6.07, 6.45) is 0. The molecule has 0 atom stereocenters. The van der Waals surface area contributed by atoms with Gasteiger partial charge in [-0.15, -0.1) is 0 Å². The van der Waals surface area contributed by atoms with Crippen molar-refractivity contribution in [3.05, 3.63) is 92.1 Å². The highest BCUT2D eigenvalue weighted by Gasteiger charge is 2.15. The highest BCUT2D eigenvalue weighted by Crippen LogP contribution is 2.17. The Morgan fingerprint density at radius 1 is 1.07 bits per heavy atom. The van der Waals surface area contributed by atoms with E-state index in [9.17, 15) is 14.4 Å². The van der Waals surface area contributed by atoms with E-state index in [0.717, 1.165) is 15.7 Å².